The van der Waals surface area contributed by atoms with Gasteiger partial charge in [-0.05, 0) is 56.2 Å². The average molecular weight is 341 g/mol. The van der Waals surface area contributed by atoms with E-state index in [1.807, 2.05) is 19.3 Å². The zero-order chi connectivity index (χ0) is 17.4. The molecule has 2 aromatic rings. The van der Waals surface area contributed by atoms with Gasteiger partial charge in [-0.25, -0.2) is 9.37 Å². The zero-order valence-electron chi connectivity index (χ0n) is 14.6. The fourth-order valence-electron chi connectivity index (χ4n) is 3.75. The van der Waals surface area contributed by atoms with Crippen molar-refractivity contribution in [1.82, 2.24) is 14.5 Å². The molecule has 1 aromatic heterocycles. The number of nitrogens with zero attached hydrogens (tertiary/aromatic N) is 3. The monoisotopic (exact) mass is 341 g/mol. The molecule has 4 rings (SSSR count). The van der Waals surface area contributed by atoms with Crippen LogP contribution >= 0.6 is 0 Å². The van der Waals surface area contributed by atoms with E-state index in [9.17, 15) is 9.18 Å². The van der Waals surface area contributed by atoms with Crippen molar-refractivity contribution in [2.45, 2.75) is 45.1 Å². The molecule has 4 nitrogen and oxygen atoms in total. The number of rotatable bonds is 4. The molecule has 2 heterocycles. The van der Waals surface area contributed by atoms with Crippen LogP contribution < -0.4 is 0 Å². The summed E-state index contributed by atoms with van der Waals surface area (Å²) in [5.41, 5.74) is 1.00. The lowest BCUT2D eigenvalue weighted by atomic mass is 9.96. The van der Waals surface area contributed by atoms with Gasteiger partial charge in [0, 0.05) is 37.9 Å². The van der Waals surface area contributed by atoms with E-state index in [-0.39, 0.29) is 17.4 Å². The number of aryl methyl sites for hydroxylation is 1. The van der Waals surface area contributed by atoms with Crippen LogP contribution in [0.25, 0.3) is 0 Å². The van der Waals surface area contributed by atoms with Gasteiger partial charge >= 0.3 is 0 Å². The highest BCUT2D eigenvalue weighted by Gasteiger charge is 2.30. The van der Waals surface area contributed by atoms with Crippen molar-refractivity contribution in [3.63, 3.8) is 0 Å². The number of carbonyl (C=O) groups is 1. The first-order chi connectivity index (χ1) is 12.1. The molecule has 1 atom stereocenters. The van der Waals surface area contributed by atoms with Crippen LogP contribution in [0.15, 0.2) is 30.6 Å². The van der Waals surface area contributed by atoms with E-state index in [2.05, 4.69) is 9.55 Å². The number of aromatic nitrogens is 2. The summed E-state index contributed by atoms with van der Waals surface area (Å²) in [7, 11) is 0. The van der Waals surface area contributed by atoms with Crippen LogP contribution in [0.2, 0.25) is 0 Å². The second-order valence-electron chi connectivity index (χ2n) is 7.45. The number of benzene rings is 1. The first-order valence-corrected chi connectivity index (χ1v) is 9.18. The predicted molar refractivity (Wildman–Crippen MR) is 94.0 cm³/mol. The standard InChI is InChI=1S/C20H24FN3O/c1-14-4-7-17(18(21)11-14)20(25)24-9-2-3-16(13-24)19-22-8-10-23(19)12-15-5-6-15/h4,7-8,10-11,15-16H,2-3,5-6,9,12-13H2,1H3/t16-/m1/s1. The lowest BCUT2D eigenvalue weighted by molar-refractivity contribution is 0.0698. The van der Waals surface area contributed by atoms with Crippen molar-refractivity contribution in [1.29, 1.82) is 0 Å². The van der Waals surface area contributed by atoms with Crippen molar-refractivity contribution < 1.29 is 9.18 Å². The summed E-state index contributed by atoms with van der Waals surface area (Å²) >= 11 is 0. The summed E-state index contributed by atoms with van der Waals surface area (Å²) < 4.78 is 16.4. The minimum Gasteiger partial charge on any atom is -0.338 e. The first-order valence-electron chi connectivity index (χ1n) is 9.18. The average Bonchev–Trinajstić information content (AvgIpc) is 3.30. The highest BCUT2D eigenvalue weighted by atomic mass is 19.1. The Morgan fingerprint density at radius 3 is 2.92 bits per heavy atom. The summed E-state index contributed by atoms with van der Waals surface area (Å²) in [5, 5.41) is 0. The summed E-state index contributed by atoms with van der Waals surface area (Å²) in [6.45, 7) is 4.17. The van der Waals surface area contributed by atoms with E-state index < -0.39 is 5.82 Å². The van der Waals surface area contributed by atoms with E-state index in [0.717, 1.165) is 36.7 Å². The molecule has 1 saturated carbocycles. The highest BCUT2D eigenvalue weighted by molar-refractivity contribution is 5.94. The van der Waals surface area contributed by atoms with Crippen LogP contribution in [-0.4, -0.2) is 33.4 Å². The van der Waals surface area contributed by atoms with Crippen LogP contribution in [0.3, 0.4) is 0 Å². The molecular formula is C20H24FN3O. The Bertz CT molecular complexity index is 781. The molecule has 0 unspecified atom stereocenters. The molecule has 5 heteroatoms. The van der Waals surface area contributed by atoms with Gasteiger partial charge < -0.3 is 9.47 Å². The highest BCUT2D eigenvalue weighted by Crippen LogP contribution is 2.33. The number of halogens is 1. The molecule has 1 aromatic carbocycles. The maximum absolute atomic E-state index is 14.2. The van der Waals surface area contributed by atoms with E-state index in [0.29, 0.717) is 13.1 Å². The van der Waals surface area contributed by atoms with Crippen LogP contribution in [0.4, 0.5) is 4.39 Å². The van der Waals surface area contributed by atoms with Crippen molar-refractivity contribution in [2.75, 3.05) is 13.1 Å². The van der Waals surface area contributed by atoms with Gasteiger partial charge in [-0.15, -0.1) is 0 Å². The van der Waals surface area contributed by atoms with Gasteiger partial charge in [-0.2, -0.15) is 0 Å². The van der Waals surface area contributed by atoms with Gasteiger partial charge in [0.1, 0.15) is 11.6 Å². The summed E-state index contributed by atoms with van der Waals surface area (Å²) in [5.74, 6) is 1.47. The Balaban J connectivity index is 1.50. The van der Waals surface area contributed by atoms with Crippen molar-refractivity contribution in [2.24, 2.45) is 5.92 Å². The molecule has 132 valence electrons. The molecule has 1 aliphatic heterocycles. The molecule has 0 radical (unpaired) electrons. The van der Waals surface area contributed by atoms with Crippen molar-refractivity contribution in [3.8, 4) is 0 Å². The number of imidazole rings is 1. The Morgan fingerprint density at radius 2 is 2.16 bits per heavy atom. The molecule has 2 fully saturated rings. The third-order valence-electron chi connectivity index (χ3n) is 5.33. The molecular weight excluding hydrogens is 317 g/mol. The van der Waals surface area contributed by atoms with Gasteiger partial charge in [-0.1, -0.05) is 6.07 Å². The van der Waals surface area contributed by atoms with Gasteiger partial charge in [0.2, 0.25) is 0 Å². The second kappa shape index (κ2) is 6.62. The fourth-order valence-corrected chi connectivity index (χ4v) is 3.75. The molecule has 2 aliphatic rings. The third-order valence-corrected chi connectivity index (χ3v) is 5.33. The molecule has 1 aliphatic carbocycles. The predicted octanol–water partition coefficient (Wildman–Crippen LogP) is 3.76. The van der Waals surface area contributed by atoms with E-state index >= 15 is 0 Å². The maximum Gasteiger partial charge on any atom is 0.256 e. The first kappa shape index (κ1) is 16.3. The Hall–Kier alpha value is -2.17. The number of hydrogen-bond acceptors (Lipinski definition) is 2. The van der Waals surface area contributed by atoms with Gasteiger partial charge in [0.25, 0.3) is 5.91 Å². The fraction of sp³-hybridized carbons (Fsp3) is 0.500. The molecule has 0 bridgehead atoms. The lowest BCUT2D eigenvalue weighted by Crippen LogP contribution is -2.40. The molecule has 0 N–H and O–H groups in total. The van der Waals surface area contributed by atoms with Gasteiger partial charge in [0.05, 0.1) is 5.56 Å². The molecule has 1 saturated heterocycles. The van der Waals surface area contributed by atoms with Crippen LogP contribution in [-0.2, 0) is 6.54 Å². The lowest BCUT2D eigenvalue weighted by Gasteiger charge is -2.33. The topological polar surface area (TPSA) is 38.1 Å². The van der Waals surface area contributed by atoms with Crippen molar-refractivity contribution >= 4 is 5.91 Å². The largest absolute Gasteiger partial charge is 0.338 e. The minimum atomic E-state index is -0.428. The molecule has 0 spiro atoms. The second-order valence-corrected chi connectivity index (χ2v) is 7.45. The van der Waals surface area contributed by atoms with Gasteiger partial charge in [-0.3, -0.25) is 4.79 Å². The van der Waals surface area contributed by atoms with Crippen LogP contribution in [0.5, 0.6) is 0 Å². The van der Waals surface area contributed by atoms with Crippen molar-refractivity contribution in [3.05, 3.63) is 53.4 Å². The number of amides is 1. The quantitative estimate of drug-likeness (QED) is 0.849. The number of hydrogen-bond donors (Lipinski definition) is 0. The number of piperidine rings is 1. The molecule has 25 heavy (non-hydrogen) atoms. The number of carbonyl (C=O) groups excluding carboxylic acids is 1. The van der Waals surface area contributed by atoms with Crippen LogP contribution in [0, 0.1) is 18.7 Å². The number of likely N-dealkylation sites (tertiary alicyclic amines) is 1. The summed E-state index contributed by atoms with van der Waals surface area (Å²) in [6, 6.07) is 4.82. The van der Waals surface area contributed by atoms with Crippen LogP contribution in [0.1, 0.15) is 53.3 Å². The molecule has 1 amide bonds. The van der Waals surface area contributed by atoms with E-state index in [4.69, 9.17) is 0 Å². The Morgan fingerprint density at radius 1 is 1.32 bits per heavy atom. The Kier molecular flexibility index (Phi) is 4.32. The van der Waals surface area contributed by atoms with Gasteiger partial charge in [0.15, 0.2) is 0 Å². The zero-order valence-corrected chi connectivity index (χ0v) is 14.6. The maximum atomic E-state index is 14.2. The Labute approximate surface area is 147 Å². The smallest absolute Gasteiger partial charge is 0.256 e. The third kappa shape index (κ3) is 3.46. The summed E-state index contributed by atoms with van der Waals surface area (Å²) in [6.07, 6.45) is 8.48. The minimum absolute atomic E-state index is 0.174. The summed E-state index contributed by atoms with van der Waals surface area (Å²) in [4.78, 5) is 19.1. The SMILES string of the molecule is Cc1ccc(C(=O)N2CCC[C@@H](c3nccn3CC3CC3)C2)c(F)c1. The normalized spacial score (nSPS) is 20.7. The van der Waals surface area contributed by atoms with E-state index in [1.165, 1.54) is 18.9 Å². The van der Waals surface area contributed by atoms with E-state index in [1.54, 1.807) is 17.0 Å².